The molecule has 1 unspecified atom stereocenters. The number of halogens is 1. The van der Waals surface area contributed by atoms with E-state index in [0.29, 0.717) is 5.02 Å². The first kappa shape index (κ1) is 12.5. The highest BCUT2D eigenvalue weighted by Crippen LogP contribution is 2.29. The van der Waals surface area contributed by atoms with Crippen molar-refractivity contribution < 1.29 is 5.11 Å². The zero-order valence-electron chi connectivity index (χ0n) is 9.50. The molecule has 0 aliphatic heterocycles. The van der Waals surface area contributed by atoms with E-state index in [-0.39, 0.29) is 5.41 Å². The first-order valence-electron chi connectivity index (χ1n) is 5.17. The molecule has 0 aromatic carbocycles. The molecule has 0 fully saturated rings. The first-order valence-corrected chi connectivity index (χ1v) is 5.55. The third-order valence-corrected chi connectivity index (χ3v) is 2.65. The lowest BCUT2D eigenvalue weighted by atomic mass is 9.88. The minimum atomic E-state index is -0.486. The van der Waals surface area contributed by atoms with Crippen LogP contribution in [-0.4, -0.2) is 10.1 Å². The van der Waals surface area contributed by atoms with E-state index in [2.05, 4.69) is 25.8 Å². The molecule has 0 spiro atoms. The van der Waals surface area contributed by atoms with Gasteiger partial charge in [0.05, 0.1) is 11.1 Å². The van der Waals surface area contributed by atoms with Gasteiger partial charge in [-0.05, 0) is 24.3 Å². The second-order valence-corrected chi connectivity index (χ2v) is 5.42. The summed E-state index contributed by atoms with van der Waals surface area (Å²) in [7, 11) is 0. The maximum Gasteiger partial charge on any atom is 0.0805 e. The number of hydrogen-bond donors (Lipinski definition) is 1. The molecule has 1 N–H and O–H groups in total. The van der Waals surface area contributed by atoms with Crippen LogP contribution >= 0.6 is 11.6 Å². The second kappa shape index (κ2) is 4.95. The van der Waals surface area contributed by atoms with Gasteiger partial charge in [0.2, 0.25) is 0 Å². The Kier molecular flexibility index (Phi) is 4.12. The van der Waals surface area contributed by atoms with Gasteiger partial charge in [0.15, 0.2) is 0 Å². The van der Waals surface area contributed by atoms with Crippen molar-refractivity contribution in [2.45, 2.75) is 39.7 Å². The van der Waals surface area contributed by atoms with E-state index in [1.165, 1.54) is 0 Å². The summed E-state index contributed by atoms with van der Waals surface area (Å²) in [6, 6.07) is 1.77. The Morgan fingerprint density at radius 2 is 2.13 bits per heavy atom. The summed E-state index contributed by atoms with van der Waals surface area (Å²) in [4.78, 5) is 3.89. The first-order chi connectivity index (χ1) is 6.90. The number of pyridine rings is 1. The molecule has 84 valence electrons. The average Bonchev–Trinajstić information content (AvgIpc) is 2.14. The Morgan fingerprint density at radius 3 is 2.67 bits per heavy atom. The Hall–Kier alpha value is -0.600. The lowest BCUT2D eigenvalue weighted by molar-refractivity contribution is 0.147. The number of nitrogens with zero attached hydrogens (tertiary/aromatic N) is 1. The van der Waals surface area contributed by atoms with Crippen molar-refractivity contribution in [2.24, 2.45) is 5.41 Å². The molecule has 1 atom stereocenters. The van der Waals surface area contributed by atoms with E-state index in [4.69, 9.17) is 11.6 Å². The van der Waals surface area contributed by atoms with Gasteiger partial charge in [0, 0.05) is 18.0 Å². The highest BCUT2D eigenvalue weighted by molar-refractivity contribution is 6.31. The van der Waals surface area contributed by atoms with E-state index in [9.17, 15) is 5.11 Å². The molecule has 3 heteroatoms. The van der Waals surface area contributed by atoms with Crippen molar-refractivity contribution in [2.75, 3.05) is 0 Å². The lowest BCUT2D eigenvalue weighted by Crippen LogP contribution is -2.08. The van der Waals surface area contributed by atoms with Gasteiger partial charge in [-0.15, -0.1) is 0 Å². The summed E-state index contributed by atoms with van der Waals surface area (Å²) in [6.07, 6.45) is 4.43. The van der Waals surface area contributed by atoms with E-state index in [0.717, 1.165) is 18.4 Å². The van der Waals surface area contributed by atoms with Gasteiger partial charge in [-0.3, -0.25) is 4.98 Å². The number of aromatic nitrogens is 1. The highest BCUT2D eigenvalue weighted by Gasteiger charge is 2.16. The summed E-state index contributed by atoms with van der Waals surface area (Å²) in [6.45, 7) is 6.48. The van der Waals surface area contributed by atoms with Gasteiger partial charge in [-0.1, -0.05) is 32.4 Å². The normalized spacial score (nSPS) is 13.9. The Balaban J connectivity index is 2.62. The zero-order chi connectivity index (χ0) is 11.5. The molecular formula is C12H18ClNO. The molecule has 0 aliphatic rings. The summed E-state index contributed by atoms with van der Waals surface area (Å²) in [5.41, 5.74) is 1.01. The van der Waals surface area contributed by atoms with Gasteiger partial charge >= 0.3 is 0 Å². The van der Waals surface area contributed by atoms with Gasteiger partial charge in [0.1, 0.15) is 0 Å². The minimum absolute atomic E-state index is 0.237. The SMILES string of the molecule is CC(C)(C)CCC(O)c1ccncc1Cl. The molecule has 1 rings (SSSR count). The second-order valence-electron chi connectivity index (χ2n) is 5.01. The van der Waals surface area contributed by atoms with Crippen LogP contribution in [0.1, 0.15) is 45.3 Å². The van der Waals surface area contributed by atoms with Crippen LogP contribution in [0.5, 0.6) is 0 Å². The van der Waals surface area contributed by atoms with Crippen LogP contribution < -0.4 is 0 Å². The van der Waals surface area contributed by atoms with Crippen LogP contribution in [-0.2, 0) is 0 Å². The molecule has 0 saturated carbocycles. The van der Waals surface area contributed by atoms with Crippen molar-refractivity contribution in [1.29, 1.82) is 0 Å². The molecule has 0 aliphatic carbocycles. The maximum absolute atomic E-state index is 9.95. The van der Waals surface area contributed by atoms with Crippen LogP contribution in [0.3, 0.4) is 0 Å². The third-order valence-electron chi connectivity index (χ3n) is 2.33. The van der Waals surface area contributed by atoms with Crippen LogP contribution in [0, 0.1) is 5.41 Å². The molecule has 0 amide bonds. The molecule has 0 saturated heterocycles. The standard InChI is InChI=1S/C12H18ClNO/c1-12(2,3)6-4-11(15)9-5-7-14-8-10(9)13/h5,7-8,11,15H,4,6H2,1-3H3. The smallest absolute Gasteiger partial charge is 0.0805 e. The van der Waals surface area contributed by atoms with Gasteiger partial charge < -0.3 is 5.11 Å². The van der Waals surface area contributed by atoms with Crippen LogP contribution in [0.25, 0.3) is 0 Å². The van der Waals surface area contributed by atoms with Gasteiger partial charge in [-0.2, -0.15) is 0 Å². The summed E-state index contributed by atoms with van der Waals surface area (Å²) in [5.74, 6) is 0. The number of hydrogen-bond acceptors (Lipinski definition) is 2. The molecule has 1 heterocycles. The van der Waals surface area contributed by atoms with Crippen LogP contribution in [0.2, 0.25) is 5.02 Å². The van der Waals surface area contributed by atoms with Crippen molar-refractivity contribution in [3.05, 3.63) is 29.0 Å². The predicted octanol–water partition coefficient (Wildman–Crippen LogP) is 3.59. The van der Waals surface area contributed by atoms with Crippen molar-refractivity contribution in [1.82, 2.24) is 4.98 Å². The van der Waals surface area contributed by atoms with Crippen molar-refractivity contribution in [3.8, 4) is 0 Å². The zero-order valence-corrected chi connectivity index (χ0v) is 10.3. The van der Waals surface area contributed by atoms with Crippen molar-refractivity contribution >= 4 is 11.6 Å². The fraction of sp³-hybridized carbons (Fsp3) is 0.583. The Bertz CT molecular complexity index is 320. The predicted molar refractivity (Wildman–Crippen MR) is 62.9 cm³/mol. The number of aliphatic hydroxyl groups excluding tert-OH is 1. The molecular weight excluding hydrogens is 210 g/mol. The monoisotopic (exact) mass is 227 g/mol. The fourth-order valence-corrected chi connectivity index (χ4v) is 1.63. The Labute approximate surface area is 96.3 Å². The van der Waals surface area contributed by atoms with E-state index < -0.39 is 6.10 Å². The fourth-order valence-electron chi connectivity index (χ4n) is 1.38. The number of rotatable bonds is 3. The highest BCUT2D eigenvalue weighted by atomic mass is 35.5. The summed E-state index contributed by atoms with van der Waals surface area (Å²) < 4.78 is 0. The summed E-state index contributed by atoms with van der Waals surface area (Å²) >= 11 is 5.95. The quantitative estimate of drug-likeness (QED) is 0.856. The van der Waals surface area contributed by atoms with E-state index >= 15 is 0 Å². The minimum Gasteiger partial charge on any atom is -0.388 e. The van der Waals surface area contributed by atoms with Crippen LogP contribution in [0.4, 0.5) is 0 Å². The van der Waals surface area contributed by atoms with Crippen LogP contribution in [0.15, 0.2) is 18.5 Å². The molecule has 0 bridgehead atoms. The molecule has 1 aromatic heterocycles. The molecule has 2 nitrogen and oxygen atoms in total. The van der Waals surface area contributed by atoms with E-state index in [1.54, 1.807) is 18.5 Å². The van der Waals surface area contributed by atoms with Crippen molar-refractivity contribution in [3.63, 3.8) is 0 Å². The van der Waals surface area contributed by atoms with Gasteiger partial charge in [0.25, 0.3) is 0 Å². The Morgan fingerprint density at radius 1 is 1.47 bits per heavy atom. The average molecular weight is 228 g/mol. The van der Waals surface area contributed by atoms with E-state index in [1.807, 2.05) is 0 Å². The lowest BCUT2D eigenvalue weighted by Gasteiger charge is -2.20. The number of aliphatic hydroxyl groups is 1. The van der Waals surface area contributed by atoms with Gasteiger partial charge in [-0.25, -0.2) is 0 Å². The largest absolute Gasteiger partial charge is 0.388 e. The third kappa shape index (κ3) is 4.18. The molecule has 1 aromatic rings. The topological polar surface area (TPSA) is 33.1 Å². The maximum atomic E-state index is 9.95. The molecule has 0 radical (unpaired) electrons. The molecule has 15 heavy (non-hydrogen) atoms. The summed E-state index contributed by atoms with van der Waals surface area (Å²) in [5, 5.41) is 10.5.